The second-order valence-corrected chi connectivity index (χ2v) is 12.6. The average molecular weight is 559 g/mol. The standard InChI is InChI=1S/C32H42N6O3/c1-20-11-12-26(33-23(4)39)25(14-20)31(40)37-13-9-8-10-28(37)27-16-29-34-30(21(2)17-38(29)35-27)36-18-24(19-36)15-22(3)41-32(5,6)7/h11-12,14,16-17,24,28H,3,8-10,13,15,18-19H2,1-2,4-7H3,(H,33,39)/t28-/m0/s1. The molecule has 218 valence electrons. The molecule has 1 N–H and O–H groups in total. The van der Waals surface area contributed by atoms with Crippen molar-refractivity contribution in [3.05, 3.63) is 65.2 Å². The number of benzene rings is 1. The molecule has 9 heteroatoms. The van der Waals surface area contributed by atoms with Crippen LogP contribution in [-0.2, 0) is 9.53 Å². The maximum absolute atomic E-state index is 13.9. The van der Waals surface area contributed by atoms with Gasteiger partial charge in [-0.25, -0.2) is 9.50 Å². The zero-order chi connectivity index (χ0) is 29.5. The summed E-state index contributed by atoms with van der Waals surface area (Å²) in [5.41, 5.74) is 4.47. The lowest BCUT2D eigenvalue weighted by Gasteiger charge is -2.41. The topological polar surface area (TPSA) is 92.1 Å². The second-order valence-electron chi connectivity index (χ2n) is 12.6. The molecule has 2 fully saturated rings. The van der Waals surface area contributed by atoms with Crippen molar-refractivity contribution in [2.24, 2.45) is 5.92 Å². The molecule has 0 radical (unpaired) electrons. The molecule has 0 spiro atoms. The minimum absolute atomic E-state index is 0.0901. The molecule has 4 heterocycles. The van der Waals surface area contributed by atoms with E-state index in [1.54, 1.807) is 6.07 Å². The van der Waals surface area contributed by atoms with Gasteiger partial charge in [-0.1, -0.05) is 18.2 Å². The Morgan fingerprint density at radius 1 is 1.15 bits per heavy atom. The summed E-state index contributed by atoms with van der Waals surface area (Å²) in [4.78, 5) is 34.9. The molecule has 5 rings (SSSR count). The molecule has 1 atom stereocenters. The molecule has 0 aliphatic carbocycles. The number of aryl methyl sites for hydroxylation is 2. The molecule has 41 heavy (non-hydrogen) atoms. The van der Waals surface area contributed by atoms with Gasteiger partial charge in [0, 0.05) is 56.7 Å². The van der Waals surface area contributed by atoms with Crippen LogP contribution >= 0.6 is 0 Å². The van der Waals surface area contributed by atoms with Gasteiger partial charge in [-0.3, -0.25) is 9.59 Å². The summed E-state index contributed by atoms with van der Waals surface area (Å²) in [6.07, 6.45) is 5.66. The molecule has 2 aliphatic heterocycles. The number of piperidine rings is 1. The Morgan fingerprint density at radius 2 is 1.90 bits per heavy atom. The predicted octanol–water partition coefficient (Wildman–Crippen LogP) is 5.83. The van der Waals surface area contributed by atoms with Gasteiger partial charge in [0.2, 0.25) is 5.91 Å². The van der Waals surface area contributed by atoms with E-state index in [0.29, 0.717) is 23.7 Å². The second kappa shape index (κ2) is 11.2. The number of hydrogen-bond donors (Lipinski definition) is 1. The van der Waals surface area contributed by atoms with Crippen LogP contribution in [-0.4, -0.2) is 56.5 Å². The van der Waals surface area contributed by atoms with Crippen molar-refractivity contribution in [1.82, 2.24) is 19.5 Å². The highest BCUT2D eigenvalue weighted by atomic mass is 16.5. The molecule has 2 saturated heterocycles. The largest absolute Gasteiger partial charge is 0.493 e. The third-order valence-electron chi connectivity index (χ3n) is 7.67. The minimum Gasteiger partial charge on any atom is -0.493 e. The van der Waals surface area contributed by atoms with Crippen molar-refractivity contribution in [2.75, 3.05) is 29.9 Å². The van der Waals surface area contributed by atoms with E-state index in [9.17, 15) is 9.59 Å². The summed E-state index contributed by atoms with van der Waals surface area (Å²) in [6.45, 7) is 18.2. The number of hydrogen-bond acceptors (Lipinski definition) is 6. The lowest BCUT2D eigenvalue weighted by molar-refractivity contribution is -0.114. The summed E-state index contributed by atoms with van der Waals surface area (Å²) in [5.74, 6) is 2.01. The highest BCUT2D eigenvalue weighted by Crippen LogP contribution is 2.35. The first kappa shape index (κ1) is 28.6. The summed E-state index contributed by atoms with van der Waals surface area (Å²) >= 11 is 0. The van der Waals surface area contributed by atoms with E-state index in [1.165, 1.54) is 6.92 Å². The molecule has 0 saturated carbocycles. The highest BCUT2D eigenvalue weighted by molar-refractivity contribution is 6.03. The monoisotopic (exact) mass is 558 g/mol. The Kier molecular flexibility index (Phi) is 7.81. The number of rotatable bonds is 7. The molecule has 0 unspecified atom stereocenters. The van der Waals surface area contributed by atoms with Crippen LogP contribution in [0.4, 0.5) is 11.5 Å². The fourth-order valence-corrected chi connectivity index (χ4v) is 5.94. The first-order valence-electron chi connectivity index (χ1n) is 14.6. The van der Waals surface area contributed by atoms with Crippen LogP contribution in [0.2, 0.25) is 0 Å². The first-order chi connectivity index (χ1) is 19.4. The van der Waals surface area contributed by atoms with Gasteiger partial charge in [0.05, 0.1) is 28.7 Å². The Hall–Kier alpha value is -3.88. The number of aromatic nitrogens is 3. The van der Waals surface area contributed by atoms with Crippen molar-refractivity contribution in [2.45, 2.75) is 78.9 Å². The lowest BCUT2D eigenvalue weighted by Crippen LogP contribution is -2.47. The first-order valence-corrected chi connectivity index (χ1v) is 14.6. The van der Waals surface area contributed by atoms with Crippen LogP contribution in [0.3, 0.4) is 0 Å². The number of carbonyl (C=O) groups is 2. The van der Waals surface area contributed by atoms with Crippen LogP contribution in [0.25, 0.3) is 5.65 Å². The number of amides is 2. The van der Waals surface area contributed by atoms with E-state index in [1.807, 2.05) is 61.5 Å². The molecule has 3 aromatic rings. The molecule has 1 aromatic carbocycles. The number of allylic oxidation sites excluding steroid dienone is 1. The zero-order valence-corrected chi connectivity index (χ0v) is 25.2. The number of fused-ring (bicyclic) bond motifs is 1. The van der Waals surface area contributed by atoms with Crippen LogP contribution in [0.1, 0.15) is 86.6 Å². The maximum Gasteiger partial charge on any atom is 0.256 e. The van der Waals surface area contributed by atoms with Crippen LogP contribution in [0.5, 0.6) is 0 Å². The number of ether oxygens (including phenoxy) is 1. The lowest BCUT2D eigenvalue weighted by atomic mass is 9.95. The normalized spacial score (nSPS) is 17.9. The number of carbonyl (C=O) groups excluding carboxylic acids is 2. The van der Waals surface area contributed by atoms with Gasteiger partial charge < -0.3 is 19.9 Å². The molecular formula is C32H42N6O3. The SMILES string of the molecule is C=C(CC1CN(c2nc3cc([C@@H]4CCCCN4C(=O)c4cc(C)ccc4NC(C)=O)nn3cc2C)C1)OC(C)(C)C. The van der Waals surface area contributed by atoms with Gasteiger partial charge in [0.25, 0.3) is 5.91 Å². The fraction of sp³-hybridized carbons (Fsp3) is 0.500. The van der Waals surface area contributed by atoms with Crippen LogP contribution in [0, 0.1) is 19.8 Å². The van der Waals surface area contributed by atoms with Gasteiger partial charge in [0.1, 0.15) is 11.4 Å². The Bertz CT molecular complexity index is 1480. The maximum atomic E-state index is 13.9. The molecule has 2 aliphatic rings. The third-order valence-corrected chi connectivity index (χ3v) is 7.67. The minimum atomic E-state index is -0.226. The molecule has 0 bridgehead atoms. The van der Waals surface area contributed by atoms with Crippen LogP contribution in [0.15, 0.2) is 42.8 Å². The van der Waals surface area contributed by atoms with Gasteiger partial charge in [-0.15, -0.1) is 0 Å². The van der Waals surface area contributed by atoms with Gasteiger partial charge in [-0.05, 0) is 66.0 Å². The molecule has 2 amide bonds. The van der Waals surface area contributed by atoms with Gasteiger partial charge >= 0.3 is 0 Å². The summed E-state index contributed by atoms with van der Waals surface area (Å²) in [7, 11) is 0. The summed E-state index contributed by atoms with van der Waals surface area (Å²) in [5, 5.41) is 7.71. The Balaban J connectivity index is 1.35. The zero-order valence-electron chi connectivity index (χ0n) is 25.2. The molecule has 9 nitrogen and oxygen atoms in total. The van der Waals surface area contributed by atoms with E-state index in [0.717, 1.165) is 72.8 Å². The number of likely N-dealkylation sites (tertiary alicyclic amines) is 1. The molecule has 2 aromatic heterocycles. The number of anilines is 2. The van der Waals surface area contributed by atoms with Gasteiger partial charge in [-0.2, -0.15) is 5.10 Å². The summed E-state index contributed by atoms with van der Waals surface area (Å²) < 4.78 is 7.75. The summed E-state index contributed by atoms with van der Waals surface area (Å²) in [6, 6.07) is 7.41. The molecular weight excluding hydrogens is 516 g/mol. The predicted molar refractivity (Wildman–Crippen MR) is 161 cm³/mol. The fourth-order valence-electron chi connectivity index (χ4n) is 5.94. The van der Waals surface area contributed by atoms with E-state index in [4.69, 9.17) is 14.8 Å². The number of nitrogens with zero attached hydrogens (tertiary/aromatic N) is 5. The van der Waals surface area contributed by atoms with E-state index in [2.05, 4.69) is 23.7 Å². The third kappa shape index (κ3) is 6.39. The van der Waals surface area contributed by atoms with Crippen molar-refractivity contribution < 1.29 is 14.3 Å². The highest BCUT2D eigenvalue weighted by Gasteiger charge is 2.33. The smallest absolute Gasteiger partial charge is 0.256 e. The van der Waals surface area contributed by atoms with Gasteiger partial charge in [0.15, 0.2) is 5.65 Å². The Morgan fingerprint density at radius 3 is 2.61 bits per heavy atom. The van der Waals surface area contributed by atoms with E-state index < -0.39 is 0 Å². The van der Waals surface area contributed by atoms with E-state index in [-0.39, 0.29) is 23.5 Å². The van der Waals surface area contributed by atoms with Crippen molar-refractivity contribution in [3.8, 4) is 0 Å². The van der Waals surface area contributed by atoms with Crippen molar-refractivity contribution in [3.63, 3.8) is 0 Å². The average Bonchev–Trinajstić information content (AvgIpc) is 3.27. The van der Waals surface area contributed by atoms with Crippen molar-refractivity contribution in [1.29, 1.82) is 0 Å². The van der Waals surface area contributed by atoms with Crippen molar-refractivity contribution >= 4 is 29.0 Å². The quantitative estimate of drug-likeness (QED) is 0.367. The van der Waals surface area contributed by atoms with Crippen LogP contribution < -0.4 is 10.2 Å². The van der Waals surface area contributed by atoms with E-state index >= 15 is 0 Å². The number of nitrogens with one attached hydrogen (secondary N) is 1. The Labute approximate surface area is 242 Å².